The van der Waals surface area contributed by atoms with Crippen LogP contribution in [0.15, 0.2) is 16.5 Å². The maximum absolute atomic E-state index is 11.9. The number of likely N-dealkylation sites (tertiary alicyclic amines) is 1. The van der Waals surface area contributed by atoms with Gasteiger partial charge < -0.3 is 20.2 Å². The molecule has 0 radical (unpaired) electrons. The summed E-state index contributed by atoms with van der Waals surface area (Å²) >= 11 is 5.56. The van der Waals surface area contributed by atoms with Crippen molar-refractivity contribution in [3.63, 3.8) is 0 Å². The Morgan fingerprint density at radius 2 is 2.24 bits per heavy atom. The van der Waals surface area contributed by atoms with Crippen molar-refractivity contribution in [2.24, 2.45) is 5.73 Å². The third kappa shape index (κ3) is 2.13. The SMILES string of the molecule is NC1(C(=O)O)CCN(C(=O)c2ccc(Cl)o2)C1. The first-order valence-corrected chi connectivity index (χ1v) is 5.37. The number of aliphatic carboxylic acids is 1. The molecule has 17 heavy (non-hydrogen) atoms. The van der Waals surface area contributed by atoms with Crippen LogP contribution in [0.4, 0.5) is 0 Å². The van der Waals surface area contributed by atoms with Crippen molar-refractivity contribution >= 4 is 23.5 Å². The first-order chi connectivity index (χ1) is 7.92. The van der Waals surface area contributed by atoms with Crippen molar-refractivity contribution in [3.05, 3.63) is 23.1 Å². The van der Waals surface area contributed by atoms with Gasteiger partial charge in [-0.25, -0.2) is 0 Å². The summed E-state index contributed by atoms with van der Waals surface area (Å²) in [6, 6.07) is 2.90. The van der Waals surface area contributed by atoms with E-state index >= 15 is 0 Å². The van der Waals surface area contributed by atoms with Crippen LogP contribution in [0.2, 0.25) is 5.22 Å². The van der Waals surface area contributed by atoms with E-state index in [0.29, 0.717) is 6.54 Å². The van der Waals surface area contributed by atoms with Crippen molar-refractivity contribution in [1.29, 1.82) is 0 Å². The third-order valence-corrected chi connectivity index (χ3v) is 3.00. The lowest BCUT2D eigenvalue weighted by molar-refractivity contribution is -0.142. The second kappa shape index (κ2) is 4.05. The molecule has 1 aliphatic heterocycles. The molecule has 1 fully saturated rings. The van der Waals surface area contributed by atoms with Gasteiger partial charge in [-0.15, -0.1) is 0 Å². The summed E-state index contributed by atoms with van der Waals surface area (Å²) in [6.45, 7) is 0.263. The fourth-order valence-corrected chi connectivity index (χ4v) is 1.91. The number of nitrogens with zero attached hydrogens (tertiary/aromatic N) is 1. The minimum Gasteiger partial charge on any atom is -0.480 e. The highest BCUT2D eigenvalue weighted by Crippen LogP contribution is 2.22. The molecule has 0 saturated carbocycles. The number of carbonyl (C=O) groups excluding carboxylic acids is 1. The zero-order valence-electron chi connectivity index (χ0n) is 8.85. The maximum atomic E-state index is 11.9. The molecule has 1 saturated heterocycles. The molecule has 2 heterocycles. The van der Waals surface area contributed by atoms with Gasteiger partial charge in [0.05, 0.1) is 0 Å². The molecule has 0 spiro atoms. The van der Waals surface area contributed by atoms with Gasteiger partial charge in [-0.2, -0.15) is 0 Å². The molecule has 2 rings (SSSR count). The Morgan fingerprint density at radius 1 is 1.53 bits per heavy atom. The summed E-state index contributed by atoms with van der Waals surface area (Å²) in [5, 5.41) is 9.05. The van der Waals surface area contributed by atoms with Gasteiger partial charge in [0, 0.05) is 13.1 Å². The number of furan rings is 1. The van der Waals surface area contributed by atoms with E-state index in [1.807, 2.05) is 0 Å². The Bertz CT molecular complexity index is 473. The van der Waals surface area contributed by atoms with Crippen molar-refractivity contribution in [2.75, 3.05) is 13.1 Å². The summed E-state index contributed by atoms with van der Waals surface area (Å²) in [6.07, 6.45) is 0.225. The number of nitrogens with two attached hydrogens (primary N) is 1. The minimum atomic E-state index is -1.37. The van der Waals surface area contributed by atoms with Crippen LogP contribution < -0.4 is 5.73 Å². The lowest BCUT2D eigenvalue weighted by Gasteiger charge is -2.19. The number of carboxylic acids is 1. The van der Waals surface area contributed by atoms with E-state index in [4.69, 9.17) is 26.9 Å². The van der Waals surface area contributed by atoms with Crippen LogP contribution in [0.5, 0.6) is 0 Å². The lowest BCUT2D eigenvalue weighted by atomic mass is 10.0. The van der Waals surface area contributed by atoms with Crippen molar-refractivity contribution in [3.8, 4) is 0 Å². The highest BCUT2D eigenvalue weighted by Gasteiger charge is 2.43. The summed E-state index contributed by atoms with van der Waals surface area (Å²) in [5.41, 5.74) is 4.29. The normalized spacial score (nSPS) is 24.0. The monoisotopic (exact) mass is 258 g/mol. The zero-order chi connectivity index (χ0) is 12.6. The summed E-state index contributed by atoms with van der Waals surface area (Å²) in [4.78, 5) is 24.2. The molecule has 3 N–H and O–H groups in total. The lowest BCUT2D eigenvalue weighted by Crippen LogP contribution is -2.50. The van der Waals surface area contributed by atoms with Crippen LogP contribution in [-0.2, 0) is 4.79 Å². The Kier molecular flexibility index (Phi) is 2.84. The molecule has 0 aromatic carbocycles. The van der Waals surface area contributed by atoms with Crippen LogP contribution in [0, 0.1) is 0 Å². The number of hydrogen-bond donors (Lipinski definition) is 2. The summed E-state index contributed by atoms with van der Waals surface area (Å²) in [7, 11) is 0. The second-order valence-corrected chi connectivity index (χ2v) is 4.41. The summed E-state index contributed by atoms with van der Waals surface area (Å²) in [5.74, 6) is -1.42. The van der Waals surface area contributed by atoms with E-state index < -0.39 is 17.4 Å². The minimum absolute atomic E-state index is 0.0283. The number of halogens is 1. The molecule has 6 nitrogen and oxygen atoms in total. The molecule has 1 unspecified atom stereocenters. The van der Waals surface area contributed by atoms with Gasteiger partial charge in [-0.3, -0.25) is 9.59 Å². The first kappa shape index (κ1) is 11.9. The molecule has 0 aliphatic carbocycles. The molecule has 1 aliphatic rings. The number of hydrogen-bond acceptors (Lipinski definition) is 4. The molecule has 0 bridgehead atoms. The molecular formula is C10H11ClN2O4. The molecule has 1 aromatic heterocycles. The summed E-state index contributed by atoms with van der Waals surface area (Å²) < 4.78 is 4.97. The quantitative estimate of drug-likeness (QED) is 0.808. The van der Waals surface area contributed by atoms with Gasteiger partial charge in [-0.1, -0.05) is 0 Å². The standard InChI is InChI=1S/C10H11ClN2O4/c11-7-2-1-6(17-7)8(14)13-4-3-10(12,5-13)9(15)16/h1-2H,3-5,12H2,(H,15,16). The van der Waals surface area contributed by atoms with E-state index in [-0.39, 0.29) is 23.9 Å². The van der Waals surface area contributed by atoms with Crippen molar-refractivity contribution < 1.29 is 19.1 Å². The van der Waals surface area contributed by atoms with Crippen LogP contribution in [0.3, 0.4) is 0 Å². The Hall–Kier alpha value is -1.53. The van der Waals surface area contributed by atoms with Gasteiger partial charge in [0.15, 0.2) is 11.0 Å². The molecule has 92 valence electrons. The number of rotatable bonds is 2. The number of carbonyl (C=O) groups is 2. The van der Waals surface area contributed by atoms with Gasteiger partial charge in [-0.05, 0) is 30.2 Å². The second-order valence-electron chi connectivity index (χ2n) is 4.04. The highest BCUT2D eigenvalue weighted by atomic mass is 35.5. The fraction of sp³-hybridized carbons (Fsp3) is 0.400. The molecule has 7 heteroatoms. The van der Waals surface area contributed by atoms with Crippen molar-refractivity contribution in [1.82, 2.24) is 4.90 Å². The smallest absolute Gasteiger partial charge is 0.325 e. The predicted molar refractivity (Wildman–Crippen MR) is 58.8 cm³/mol. The largest absolute Gasteiger partial charge is 0.480 e. The number of carboxylic acid groups (broad SMARTS) is 1. The molecular weight excluding hydrogens is 248 g/mol. The van der Waals surface area contributed by atoms with Crippen LogP contribution in [0.25, 0.3) is 0 Å². The maximum Gasteiger partial charge on any atom is 0.325 e. The molecule has 1 atom stereocenters. The average Bonchev–Trinajstić information content (AvgIpc) is 2.85. The third-order valence-electron chi connectivity index (χ3n) is 2.80. The van der Waals surface area contributed by atoms with Crippen LogP contribution >= 0.6 is 11.6 Å². The Labute approximate surface area is 102 Å². The first-order valence-electron chi connectivity index (χ1n) is 4.99. The zero-order valence-corrected chi connectivity index (χ0v) is 9.61. The van der Waals surface area contributed by atoms with E-state index in [1.165, 1.54) is 17.0 Å². The van der Waals surface area contributed by atoms with Gasteiger partial charge in [0.25, 0.3) is 5.91 Å². The van der Waals surface area contributed by atoms with E-state index in [2.05, 4.69) is 0 Å². The molecule has 1 amide bonds. The van der Waals surface area contributed by atoms with E-state index in [9.17, 15) is 9.59 Å². The van der Waals surface area contributed by atoms with Gasteiger partial charge in [0.2, 0.25) is 0 Å². The van der Waals surface area contributed by atoms with E-state index in [1.54, 1.807) is 0 Å². The Morgan fingerprint density at radius 3 is 2.71 bits per heavy atom. The Balaban J connectivity index is 2.11. The topological polar surface area (TPSA) is 96.8 Å². The average molecular weight is 259 g/mol. The van der Waals surface area contributed by atoms with Gasteiger partial charge in [0.1, 0.15) is 5.54 Å². The van der Waals surface area contributed by atoms with E-state index in [0.717, 1.165) is 0 Å². The van der Waals surface area contributed by atoms with Gasteiger partial charge >= 0.3 is 5.97 Å². The predicted octanol–water partition coefficient (Wildman–Crippen LogP) is 0.561. The highest BCUT2D eigenvalue weighted by molar-refractivity contribution is 6.29. The molecule has 1 aromatic rings. The van der Waals surface area contributed by atoms with Crippen molar-refractivity contribution in [2.45, 2.75) is 12.0 Å². The van der Waals surface area contributed by atoms with Crippen LogP contribution in [0.1, 0.15) is 17.0 Å². The fourth-order valence-electron chi connectivity index (χ4n) is 1.77. The number of amides is 1. The van der Waals surface area contributed by atoms with Crippen LogP contribution in [-0.4, -0.2) is 40.5 Å².